The molecule has 0 amide bonds. The van der Waals surface area contributed by atoms with Crippen LogP contribution < -0.4 is 0 Å². The van der Waals surface area contributed by atoms with E-state index in [2.05, 4.69) is 57.2 Å². The molecule has 0 aromatic carbocycles. The summed E-state index contributed by atoms with van der Waals surface area (Å²) in [6, 6.07) is 0. The van der Waals surface area contributed by atoms with Crippen molar-refractivity contribution in [3.05, 3.63) is 36.5 Å². The molecule has 6 heteroatoms. The lowest BCUT2D eigenvalue weighted by molar-refractivity contribution is -0.167. The van der Waals surface area contributed by atoms with E-state index in [1.807, 2.05) is 0 Å². The normalized spacial score (nSPS) is 12.2. The molecule has 0 saturated heterocycles. The lowest BCUT2D eigenvalue weighted by Crippen LogP contribution is -2.30. The molecule has 380 valence electrons. The molecule has 6 nitrogen and oxygen atoms in total. The van der Waals surface area contributed by atoms with E-state index >= 15 is 0 Å². The predicted molar refractivity (Wildman–Crippen MR) is 279 cm³/mol. The Balaban J connectivity index is 4.36. The fourth-order valence-electron chi connectivity index (χ4n) is 8.31. The van der Waals surface area contributed by atoms with E-state index < -0.39 is 6.10 Å². The Morgan fingerprint density at radius 1 is 0.308 bits per heavy atom. The molecule has 0 rings (SSSR count). The molecule has 1 unspecified atom stereocenters. The monoisotopic (exact) mass is 913 g/mol. The summed E-state index contributed by atoms with van der Waals surface area (Å²) in [5, 5.41) is 0. The number of allylic oxidation sites excluding steroid dienone is 6. The third-order valence-corrected chi connectivity index (χ3v) is 12.6. The number of esters is 3. The molecule has 0 spiro atoms. The standard InChI is InChI=1S/C59H108O6/c1-4-7-10-13-16-19-22-25-27-29-30-31-33-34-37-40-43-46-49-52-58(61)64-55-56(54-63-57(60)51-48-45-42-39-36-24-21-18-15-12-9-6-3)65-59(62)53-50-47-44-41-38-35-32-28-26-23-20-17-14-11-8-5-2/h28-30,32,35,38,56H,4-27,31,33-34,36-37,39-55H2,1-3H3/b30-29-,32-28-,38-35-. The van der Waals surface area contributed by atoms with Crippen LogP contribution in [0.15, 0.2) is 36.5 Å². The summed E-state index contributed by atoms with van der Waals surface area (Å²) in [5.74, 6) is -0.897. The van der Waals surface area contributed by atoms with Crippen molar-refractivity contribution in [1.82, 2.24) is 0 Å². The Bertz CT molecular complexity index is 1090. The molecule has 0 aliphatic heterocycles. The highest BCUT2D eigenvalue weighted by Gasteiger charge is 2.19. The molecule has 0 aliphatic carbocycles. The fourth-order valence-corrected chi connectivity index (χ4v) is 8.31. The molecule has 65 heavy (non-hydrogen) atoms. The summed E-state index contributed by atoms with van der Waals surface area (Å²) in [4.78, 5) is 38.1. The van der Waals surface area contributed by atoms with Gasteiger partial charge in [0.1, 0.15) is 13.2 Å². The zero-order valence-corrected chi connectivity index (χ0v) is 43.5. The molecule has 0 N–H and O–H groups in total. The van der Waals surface area contributed by atoms with Crippen LogP contribution in [0, 0.1) is 0 Å². The highest BCUT2D eigenvalue weighted by Crippen LogP contribution is 2.16. The highest BCUT2D eigenvalue weighted by atomic mass is 16.6. The number of carbonyl (C=O) groups excluding carboxylic acids is 3. The quantitative estimate of drug-likeness (QED) is 0.0199. The molecule has 0 saturated carbocycles. The predicted octanol–water partition coefficient (Wildman–Crippen LogP) is 18.9. The minimum Gasteiger partial charge on any atom is -0.462 e. The first kappa shape index (κ1) is 62.6. The van der Waals surface area contributed by atoms with Crippen LogP contribution in [-0.4, -0.2) is 37.2 Å². The molecule has 0 bridgehead atoms. The Morgan fingerprint density at radius 3 is 0.877 bits per heavy atom. The van der Waals surface area contributed by atoms with Gasteiger partial charge in [-0.1, -0.05) is 250 Å². The maximum atomic E-state index is 12.8. The molecule has 0 aromatic heterocycles. The lowest BCUT2D eigenvalue weighted by atomic mass is 10.0. The van der Waals surface area contributed by atoms with Crippen LogP contribution in [0.1, 0.15) is 303 Å². The maximum absolute atomic E-state index is 12.8. The molecule has 0 heterocycles. The Kier molecular flexibility index (Phi) is 52.3. The second-order valence-electron chi connectivity index (χ2n) is 19.2. The van der Waals surface area contributed by atoms with Gasteiger partial charge in [-0.05, 0) is 70.6 Å². The maximum Gasteiger partial charge on any atom is 0.306 e. The van der Waals surface area contributed by atoms with E-state index in [1.54, 1.807) is 0 Å². The zero-order valence-electron chi connectivity index (χ0n) is 43.5. The largest absolute Gasteiger partial charge is 0.462 e. The van der Waals surface area contributed by atoms with Crippen molar-refractivity contribution < 1.29 is 28.6 Å². The van der Waals surface area contributed by atoms with Gasteiger partial charge in [0.2, 0.25) is 0 Å². The summed E-state index contributed by atoms with van der Waals surface area (Å²) in [6.45, 7) is 6.64. The van der Waals surface area contributed by atoms with Crippen LogP contribution in [-0.2, 0) is 28.6 Å². The zero-order chi connectivity index (χ0) is 47.2. The second-order valence-corrected chi connectivity index (χ2v) is 19.2. The van der Waals surface area contributed by atoms with Crippen LogP contribution in [0.4, 0.5) is 0 Å². The average Bonchev–Trinajstić information content (AvgIpc) is 3.30. The molecular formula is C59H108O6. The topological polar surface area (TPSA) is 78.9 Å². The summed E-state index contributed by atoms with van der Waals surface area (Å²) in [6.07, 6.45) is 64.2. The van der Waals surface area contributed by atoms with E-state index in [-0.39, 0.29) is 31.1 Å². The second kappa shape index (κ2) is 54.2. The first-order valence-electron chi connectivity index (χ1n) is 28.5. The summed E-state index contributed by atoms with van der Waals surface area (Å²) in [5.41, 5.74) is 0. The van der Waals surface area contributed by atoms with Gasteiger partial charge in [-0.25, -0.2) is 0 Å². The summed E-state index contributed by atoms with van der Waals surface area (Å²) in [7, 11) is 0. The van der Waals surface area contributed by atoms with Crippen LogP contribution in [0.3, 0.4) is 0 Å². The van der Waals surface area contributed by atoms with E-state index in [0.717, 1.165) is 70.6 Å². The van der Waals surface area contributed by atoms with Crippen molar-refractivity contribution in [3.63, 3.8) is 0 Å². The van der Waals surface area contributed by atoms with Gasteiger partial charge in [0.15, 0.2) is 6.10 Å². The molecule has 0 radical (unpaired) electrons. The van der Waals surface area contributed by atoms with E-state index in [0.29, 0.717) is 19.3 Å². The SMILES string of the molecule is CCCCCCCCC/C=C\C=C/CCCCCC(=O)OC(COC(=O)CCCCCCCCC/C=C\CCCCCCCCCC)COC(=O)CCCCCCCCCCCCCC. The van der Waals surface area contributed by atoms with Crippen molar-refractivity contribution in [3.8, 4) is 0 Å². The van der Waals surface area contributed by atoms with Crippen LogP contribution >= 0.6 is 0 Å². The first-order chi connectivity index (χ1) is 32.0. The van der Waals surface area contributed by atoms with Crippen molar-refractivity contribution in [1.29, 1.82) is 0 Å². The molecule has 0 aliphatic rings. The Labute approximate surface area is 404 Å². The Hall–Kier alpha value is -2.37. The molecule has 0 aromatic rings. The smallest absolute Gasteiger partial charge is 0.306 e. The third kappa shape index (κ3) is 52.5. The summed E-state index contributed by atoms with van der Waals surface area (Å²) < 4.78 is 16.8. The number of ether oxygens (including phenoxy) is 3. The van der Waals surface area contributed by atoms with Gasteiger partial charge >= 0.3 is 17.9 Å². The minimum absolute atomic E-state index is 0.0809. The third-order valence-electron chi connectivity index (χ3n) is 12.6. The first-order valence-corrected chi connectivity index (χ1v) is 28.5. The Morgan fingerprint density at radius 2 is 0.554 bits per heavy atom. The number of hydrogen-bond donors (Lipinski definition) is 0. The summed E-state index contributed by atoms with van der Waals surface area (Å²) >= 11 is 0. The van der Waals surface area contributed by atoms with Crippen molar-refractivity contribution in [2.45, 2.75) is 309 Å². The molecular weight excluding hydrogens is 805 g/mol. The van der Waals surface area contributed by atoms with E-state index in [9.17, 15) is 14.4 Å². The van der Waals surface area contributed by atoms with Gasteiger partial charge in [0.25, 0.3) is 0 Å². The van der Waals surface area contributed by atoms with Gasteiger partial charge < -0.3 is 14.2 Å². The highest BCUT2D eigenvalue weighted by molar-refractivity contribution is 5.71. The number of carbonyl (C=O) groups is 3. The van der Waals surface area contributed by atoms with Crippen molar-refractivity contribution >= 4 is 17.9 Å². The molecule has 1 atom stereocenters. The van der Waals surface area contributed by atoms with Crippen LogP contribution in [0.5, 0.6) is 0 Å². The number of hydrogen-bond acceptors (Lipinski definition) is 6. The lowest BCUT2D eigenvalue weighted by Gasteiger charge is -2.18. The van der Waals surface area contributed by atoms with Gasteiger partial charge in [-0.15, -0.1) is 0 Å². The van der Waals surface area contributed by atoms with Crippen LogP contribution in [0.25, 0.3) is 0 Å². The van der Waals surface area contributed by atoms with Gasteiger partial charge in [0.05, 0.1) is 0 Å². The van der Waals surface area contributed by atoms with Gasteiger partial charge in [0, 0.05) is 19.3 Å². The van der Waals surface area contributed by atoms with Crippen LogP contribution in [0.2, 0.25) is 0 Å². The van der Waals surface area contributed by atoms with E-state index in [1.165, 1.54) is 193 Å². The van der Waals surface area contributed by atoms with Gasteiger partial charge in [-0.2, -0.15) is 0 Å². The van der Waals surface area contributed by atoms with Gasteiger partial charge in [-0.3, -0.25) is 14.4 Å². The average molecular weight is 914 g/mol. The number of unbranched alkanes of at least 4 members (excludes halogenated alkanes) is 36. The minimum atomic E-state index is -0.784. The van der Waals surface area contributed by atoms with Crippen molar-refractivity contribution in [2.75, 3.05) is 13.2 Å². The van der Waals surface area contributed by atoms with Crippen molar-refractivity contribution in [2.24, 2.45) is 0 Å². The fraction of sp³-hybridized carbons (Fsp3) is 0.847. The molecule has 0 fully saturated rings. The van der Waals surface area contributed by atoms with E-state index in [4.69, 9.17) is 14.2 Å². The number of rotatable bonds is 52.